The fraction of sp³-hybridized carbons (Fsp3) is 0.467. The quantitative estimate of drug-likeness (QED) is 0.743. The Bertz CT molecular complexity index is 543. The van der Waals surface area contributed by atoms with Gasteiger partial charge in [0.05, 0.1) is 19.2 Å². The SMILES string of the molecule is CC(C)[C@H](N)C(=O)NCC(=O)Nc1ccc2c(c1)CCO2. The summed E-state index contributed by atoms with van der Waals surface area (Å²) in [5.41, 5.74) is 7.49. The van der Waals surface area contributed by atoms with Crippen LogP contribution >= 0.6 is 0 Å². The molecular weight excluding hydrogens is 270 g/mol. The van der Waals surface area contributed by atoms with E-state index in [9.17, 15) is 9.59 Å². The van der Waals surface area contributed by atoms with Gasteiger partial charge in [-0.3, -0.25) is 9.59 Å². The Morgan fingerprint density at radius 2 is 2.14 bits per heavy atom. The summed E-state index contributed by atoms with van der Waals surface area (Å²) in [5, 5.41) is 5.28. The van der Waals surface area contributed by atoms with Crippen LogP contribution in [0.3, 0.4) is 0 Å². The second-order valence-corrected chi connectivity index (χ2v) is 5.46. The van der Waals surface area contributed by atoms with Gasteiger partial charge in [-0.25, -0.2) is 0 Å². The first kappa shape index (κ1) is 15.3. The van der Waals surface area contributed by atoms with E-state index < -0.39 is 6.04 Å². The van der Waals surface area contributed by atoms with Crippen molar-refractivity contribution in [2.24, 2.45) is 11.7 Å². The number of carbonyl (C=O) groups excluding carboxylic acids is 2. The Kier molecular flexibility index (Phi) is 4.80. The van der Waals surface area contributed by atoms with Crippen LogP contribution in [0.2, 0.25) is 0 Å². The van der Waals surface area contributed by atoms with Crippen molar-refractivity contribution in [3.05, 3.63) is 23.8 Å². The van der Waals surface area contributed by atoms with Crippen molar-refractivity contribution in [2.75, 3.05) is 18.5 Å². The number of benzene rings is 1. The fourth-order valence-corrected chi connectivity index (χ4v) is 2.06. The van der Waals surface area contributed by atoms with Gasteiger partial charge in [0.1, 0.15) is 5.75 Å². The Labute approximate surface area is 124 Å². The molecule has 1 aliphatic rings. The summed E-state index contributed by atoms with van der Waals surface area (Å²) in [6.45, 7) is 4.30. The first-order valence-electron chi connectivity index (χ1n) is 7.06. The summed E-state index contributed by atoms with van der Waals surface area (Å²) in [6, 6.07) is 4.91. The Hall–Kier alpha value is -2.08. The zero-order chi connectivity index (χ0) is 15.4. The van der Waals surface area contributed by atoms with E-state index in [0.717, 1.165) is 17.7 Å². The highest BCUT2D eigenvalue weighted by Gasteiger charge is 2.18. The molecule has 1 heterocycles. The minimum Gasteiger partial charge on any atom is -0.493 e. The van der Waals surface area contributed by atoms with Gasteiger partial charge in [-0.1, -0.05) is 13.8 Å². The lowest BCUT2D eigenvalue weighted by atomic mass is 10.1. The number of hydrogen-bond acceptors (Lipinski definition) is 4. The average molecular weight is 291 g/mol. The largest absolute Gasteiger partial charge is 0.493 e. The molecule has 4 N–H and O–H groups in total. The first-order valence-corrected chi connectivity index (χ1v) is 7.06. The topological polar surface area (TPSA) is 93.5 Å². The summed E-state index contributed by atoms with van der Waals surface area (Å²) in [5.74, 6) is 0.301. The van der Waals surface area contributed by atoms with Gasteiger partial charge in [-0.2, -0.15) is 0 Å². The highest BCUT2D eigenvalue weighted by atomic mass is 16.5. The molecule has 1 aromatic rings. The molecule has 114 valence electrons. The number of anilines is 1. The van der Waals surface area contributed by atoms with Crippen LogP contribution in [-0.4, -0.2) is 31.0 Å². The number of hydrogen-bond donors (Lipinski definition) is 3. The second kappa shape index (κ2) is 6.58. The standard InChI is InChI=1S/C15H21N3O3/c1-9(2)14(16)15(20)17-8-13(19)18-11-3-4-12-10(7-11)5-6-21-12/h3-4,7,9,14H,5-6,8,16H2,1-2H3,(H,17,20)(H,18,19)/t14-/m0/s1. The first-order chi connectivity index (χ1) is 9.97. The normalized spacial score (nSPS) is 14.3. The summed E-state index contributed by atoms with van der Waals surface area (Å²) in [6.07, 6.45) is 0.846. The predicted molar refractivity (Wildman–Crippen MR) is 80.1 cm³/mol. The van der Waals surface area contributed by atoms with E-state index in [2.05, 4.69) is 10.6 Å². The molecule has 6 heteroatoms. The van der Waals surface area contributed by atoms with Crippen molar-refractivity contribution < 1.29 is 14.3 Å². The number of ether oxygens (including phenoxy) is 1. The molecular formula is C15H21N3O3. The third-order valence-corrected chi connectivity index (χ3v) is 3.42. The van der Waals surface area contributed by atoms with Crippen molar-refractivity contribution in [2.45, 2.75) is 26.3 Å². The lowest BCUT2D eigenvalue weighted by Gasteiger charge is -2.15. The lowest BCUT2D eigenvalue weighted by molar-refractivity contribution is -0.125. The van der Waals surface area contributed by atoms with E-state index in [1.165, 1.54) is 0 Å². The van der Waals surface area contributed by atoms with Crippen LogP contribution in [0, 0.1) is 5.92 Å². The maximum atomic E-state index is 11.8. The van der Waals surface area contributed by atoms with Gasteiger partial charge in [-0.15, -0.1) is 0 Å². The molecule has 21 heavy (non-hydrogen) atoms. The van der Waals surface area contributed by atoms with Gasteiger partial charge in [0.2, 0.25) is 11.8 Å². The number of fused-ring (bicyclic) bond motifs is 1. The minimum atomic E-state index is -0.602. The highest BCUT2D eigenvalue weighted by Crippen LogP contribution is 2.27. The highest BCUT2D eigenvalue weighted by molar-refractivity contribution is 5.95. The zero-order valence-corrected chi connectivity index (χ0v) is 12.3. The molecule has 0 unspecified atom stereocenters. The molecule has 0 aliphatic carbocycles. The summed E-state index contributed by atoms with van der Waals surface area (Å²) in [4.78, 5) is 23.5. The molecule has 1 aliphatic heterocycles. The summed E-state index contributed by atoms with van der Waals surface area (Å²) >= 11 is 0. The summed E-state index contributed by atoms with van der Waals surface area (Å²) < 4.78 is 5.40. The van der Waals surface area contributed by atoms with Crippen molar-refractivity contribution in [3.8, 4) is 5.75 Å². The fourth-order valence-electron chi connectivity index (χ4n) is 2.06. The van der Waals surface area contributed by atoms with Crippen LogP contribution in [0.5, 0.6) is 5.75 Å². The molecule has 0 saturated heterocycles. The van der Waals surface area contributed by atoms with Gasteiger partial charge in [0.25, 0.3) is 0 Å². The third-order valence-electron chi connectivity index (χ3n) is 3.42. The van der Waals surface area contributed by atoms with E-state index in [0.29, 0.717) is 12.3 Å². The maximum absolute atomic E-state index is 11.8. The van der Waals surface area contributed by atoms with Crippen LogP contribution in [0.4, 0.5) is 5.69 Å². The Balaban J connectivity index is 1.83. The van der Waals surface area contributed by atoms with E-state index in [1.54, 1.807) is 6.07 Å². The number of amides is 2. The molecule has 1 atom stereocenters. The number of nitrogens with one attached hydrogen (secondary N) is 2. The van der Waals surface area contributed by atoms with E-state index in [-0.39, 0.29) is 24.3 Å². The average Bonchev–Trinajstić information content (AvgIpc) is 2.91. The number of nitrogens with two attached hydrogens (primary N) is 1. The van der Waals surface area contributed by atoms with E-state index >= 15 is 0 Å². The zero-order valence-electron chi connectivity index (χ0n) is 12.3. The van der Waals surface area contributed by atoms with Gasteiger partial charge < -0.3 is 21.1 Å². The smallest absolute Gasteiger partial charge is 0.243 e. The monoisotopic (exact) mass is 291 g/mol. The van der Waals surface area contributed by atoms with Crippen molar-refractivity contribution in [1.82, 2.24) is 5.32 Å². The molecule has 0 radical (unpaired) electrons. The molecule has 2 rings (SSSR count). The molecule has 0 aromatic heterocycles. The molecule has 0 saturated carbocycles. The molecule has 2 amide bonds. The van der Waals surface area contributed by atoms with Crippen LogP contribution in [-0.2, 0) is 16.0 Å². The van der Waals surface area contributed by atoms with Crippen molar-refractivity contribution >= 4 is 17.5 Å². The maximum Gasteiger partial charge on any atom is 0.243 e. The second-order valence-electron chi connectivity index (χ2n) is 5.46. The number of rotatable bonds is 5. The van der Waals surface area contributed by atoms with Gasteiger partial charge >= 0.3 is 0 Å². The van der Waals surface area contributed by atoms with Gasteiger partial charge in [0.15, 0.2) is 0 Å². The molecule has 0 spiro atoms. The van der Waals surface area contributed by atoms with Crippen LogP contribution in [0.1, 0.15) is 19.4 Å². The van der Waals surface area contributed by atoms with E-state index in [1.807, 2.05) is 26.0 Å². The Morgan fingerprint density at radius 1 is 1.38 bits per heavy atom. The van der Waals surface area contributed by atoms with E-state index in [4.69, 9.17) is 10.5 Å². The van der Waals surface area contributed by atoms with Gasteiger partial charge in [-0.05, 0) is 29.7 Å². The van der Waals surface area contributed by atoms with Crippen molar-refractivity contribution in [1.29, 1.82) is 0 Å². The third kappa shape index (κ3) is 3.95. The molecule has 0 bridgehead atoms. The lowest BCUT2D eigenvalue weighted by Crippen LogP contribution is -2.46. The van der Waals surface area contributed by atoms with Crippen molar-refractivity contribution in [3.63, 3.8) is 0 Å². The summed E-state index contributed by atoms with van der Waals surface area (Å²) in [7, 11) is 0. The molecule has 6 nitrogen and oxygen atoms in total. The van der Waals surface area contributed by atoms with Gasteiger partial charge in [0, 0.05) is 12.1 Å². The number of carbonyl (C=O) groups is 2. The predicted octanol–water partition coefficient (Wildman–Crippen LogP) is 0.659. The minimum absolute atomic E-state index is 0.0322. The molecule has 1 aromatic carbocycles. The van der Waals surface area contributed by atoms with Crippen LogP contribution in [0.15, 0.2) is 18.2 Å². The molecule has 0 fully saturated rings. The van der Waals surface area contributed by atoms with Crippen LogP contribution in [0.25, 0.3) is 0 Å². The Morgan fingerprint density at radius 3 is 2.86 bits per heavy atom. The van der Waals surface area contributed by atoms with Crippen LogP contribution < -0.4 is 21.1 Å².